The van der Waals surface area contributed by atoms with Gasteiger partial charge in [0.1, 0.15) is 11.6 Å². The molecule has 0 saturated heterocycles. The zero-order valence-corrected chi connectivity index (χ0v) is 9.59. The van der Waals surface area contributed by atoms with Crippen LogP contribution in [0.5, 0.6) is 0 Å². The Hall–Kier alpha value is -2.24. The summed E-state index contributed by atoms with van der Waals surface area (Å²) in [6, 6.07) is 3.76. The molecule has 2 aromatic heterocycles. The zero-order valence-electron chi connectivity index (χ0n) is 9.59. The zero-order chi connectivity index (χ0) is 11.9. The third-order valence-corrected chi connectivity index (χ3v) is 2.07. The van der Waals surface area contributed by atoms with Gasteiger partial charge in [-0.25, -0.2) is 4.98 Å². The molecule has 0 bridgehead atoms. The van der Waals surface area contributed by atoms with Gasteiger partial charge < -0.3 is 10.6 Å². The third kappa shape index (κ3) is 3.37. The topological polar surface area (TPSA) is 75.6 Å². The van der Waals surface area contributed by atoms with Gasteiger partial charge in [-0.15, -0.1) is 0 Å². The molecule has 0 aliphatic rings. The maximum atomic E-state index is 4.34. The summed E-state index contributed by atoms with van der Waals surface area (Å²) in [5, 5.41) is 14.0. The van der Waals surface area contributed by atoms with Crippen molar-refractivity contribution in [2.24, 2.45) is 0 Å². The molecule has 17 heavy (non-hydrogen) atoms. The van der Waals surface area contributed by atoms with Crippen LogP contribution >= 0.6 is 0 Å². The van der Waals surface area contributed by atoms with Crippen molar-refractivity contribution in [3.63, 3.8) is 0 Å². The molecule has 0 aliphatic heterocycles. The van der Waals surface area contributed by atoms with Gasteiger partial charge >= 0.3 is 0 Å². The lowest BCUT2D eigenvalue weighted by Gasteiger charge is -2.06. The van der Waals surface area contributed by atoms with E-state index >= 15 is 0 Å². The molecule has 0 spiro atoms. The van der Waals surface area contributed by atoms with E-state index in [1.165, 1.54) is 0 Å². The maximum absolute atomic E-state index is 4.34. The molecule has 0 fully saturated rings. The molecule has 0 aliphatic carbocycles. The molecule has 0 amide bonds. The van der Waals surface area contributed by atoms with Gasteiger partial charge in [-0.2, -0.15) is 10.2 Å². The van der Waals surface area contributed by atoms with Crippen molar-refractivity contribution in [3.05, 3.63) is 36.4 Å². The molecule has 2 rings (SSSR count). The van der Waals surface area contributed by atoms with E-state index < -0.39 is 0 Å². The highest BCUT2D eigenvalue weighted by Gasteiger charge is 1.98. The van der Waals surface area contributed by atoms with Gasteiger partial charge in [0.2, 0.25) is 0 Å². The molecule has 0 aromatic carbocycles. The van der Waals surface area contributed by atoms with Gasteiger partial charge in [-0.3, -0.25) is 4.98 Å². The van der Waals surface area contributed by atoms with Crippen molar-refractivity contribution >= 4 is 11.6 Å². The van der Waals surface area contributed by atoms with Gasteiger partial charge in [-0.1, -0.05) is 0 Å². The quantitative estimate of drug-likeness (QED) is 0.806. The van der Waals surface area contributed by atoms with E-state index in [2.05, 4.69) is 30.8 Å². The summed E-state index contributed by atoms with van der Waals surface area (Å²) >= 11 is 0. The van der Waals surface area contributed by atoms with Crippen LogP contribution in [0.25, 0.3) is 0 Å². The highest BCUT2D eigenvalue weighted by molar-refractivity contribution is 5.41. The van der Waals surface area contributed by atoms with Crippen molar-refractivity contribution < 1.29 is 0 Å². The Labute approximate surface area is 99.5 Å². The number of rotatable bonds is 5. The molecule has 2 heterocycles. The predicted octanol–water partition coefficient (Wildman–Crippen LogP) is 1.31. The summed E-state index contributed by atoms with van der Waals surface area (Å²) in [5.74, 6) is 1.48. The third-order valence-electron chi connectivity index (χ3n) is 2.07. The van der Waals surface area contributed by atoms with E-state index in [1.807, 2.05) is 19.1 Å². The molecule has 0 saturated carbocycles. The average molecular weight is 230 g/mol. The SMILES string of the molecule is CCNc1cncc(NCc2cccnn2)n1. The first-order valence-electron chi connectivity index (χ1n) is 5.45. The van der Waals surface area contributed by atoms with Crippen LogP contribution in [0.2, 0.25) is 0 Å². The second kappa shape index (κ2) is 5.74. The Morgan fingerprint density at radius 2 is 2.00 bits per heavy atom. The molecule has 0 unspecified atom stereocenters. The van der Waals surface area contributed by atoms with E-state index in [0.29, 0.717) is 12.4 Å². The molecule has 88 valence electrons. The van der Waals surface area contributed by atoms with Crippen molar-refractivity contribution in [2.75, 3.05) is 17.2 Å². The van der Waals surface area contributed by atoms with Gasteiger partial charge in [0.05, 0.1) is 24.6 Å². The van der Waals surface area contributed by atoms with E-state index in [1.54, 1.807) is 18.6 Å². The number of anilines is 2. The van der Waals surface area contributed by atoms with E-state index in [9.17, 15) is 0 Å². The second-order valence-electron chi connectivity index (χ2n) is 3.39. The number of nitrogens with zero attached hydrogens (tertiary/aromatic N) is 4. The molecule has 2 aromatic rings. The number of hydrogen-bond acceptors (Lipinski definition) is 6. The van der Waals surface area contributed by atoms with Crippen LogP contribution in [0.4, 0.5) is 11.6 Å². The minimum absolute atomic E-state index is 0.581. The Kier molecular flexibility index (Phi) is 3.80. The predicted molar refractivity (Wildman–Crippen MR) is 65.6 cm³/mol. The molecule has 2 N–H and O–H groups in total. The van der Waals surface area contributed by atoms with Crippen LogP contribution < -0.4 is 10.6 Å². The fourth-order valence-corrected chi connectivity index (χ4v) is 1.33. The van der Waals surface area contributed by atoms with Gasteiger partial charge in [0, 0.05) is 12.7 Å². The van der Waals surface area contributed by atoms with Crippen LogP contribution in [0, 0.1) is 0 Å². The summed E-state index contributed by atoms with van der Waals surface area (Å²) in [4.78, 5) is 8.44. The summed E-state index contributed by atoms with van der Waals surface area (Å²) in [6.07, 6.45) is 5.02. The van der Waals surface area contributed by atoms with E-state index in [-0.39, 0.29) is 0 Å². The average Bonchev–Trinajstić information content (AvgIpc) is 2.39. The number of aromatic nitrogens is 4. The second-order valence-corrected chi connectivity index (χ2v) is 3.39. The first kappa shape index (κ1) is 11.3. The summed E-state index contributed by atoms with van der Waals surface area (Å²) in [6.45, 7) is 3.42. The van der Waals surface area contributed by atoms with Gasteiger partial charge in [-0.05, 0) is 19.1 Å². The largest absolute Gasteiger partial charge is 0.369 e. The summed E-state index contributed by atoms with van der Waals surface area (Å²) < 4.78 is 0. The molecular weight excluding hydrogens is 216 g/mol. The molecular formula is C11H14N6. The standard InChI is InChI=1S/C11H14N6/c1-2-13-10-7-12-8-11(16-10)14-6-9-4-3-5-15-17-9/h3-5,7-8H,2,6H2,1H3,(H2,13,14,16). The fourth-order valence-electron chi connectivity index (χ4n) is 1.33. The lowest BCUT2D eigenvalue weighted by atomic mass is 10.4. The van der Waals surface area contributed by atoms with Gasteiger partial charge in [0.15, 0.2) is 0 Å². The van der Waals surface area contributed by atoms with E-state index in [0.717, 1.165) is 18.1 Å². The Bertz CT molecular complexity index is 459. The van der Waals surface area contributed by atoms with Crippen molar-refractivity contribution in [2.45, 2.75) is 13.5 Å². The number of nitrogens with one attached hydrogen (secondary N) is 2. The van der Waals surface area contributed by atoms with Crippen LogP contribution in [0.1, 0.15) is 12.6 Å². The molecule has 0 atom stereocenters. The van der Waals surface area contributed by atoms with Crippen molar-refractivity contribution in [1.29, 1.82) is 0 Å². The van der Waals surface area contributed by atoms with Gasteiger partial charge in [0.25, 0.3) is 0 Å². The van der Waals surface area contributed by atoms with Crippen molar-refractivity contribution in [3.8, 4) is 0 Å². The maximum Gasteiger partial charge on any atom is 0.147 e. The lowest BCUT2D eigenvalue weighted by molar-refractivity contribution is 0.919. The fraction of sp³-hybridized carbons (Fsp3) is 0.273. The van der Waals surface area contributed by atoms with Crippen molar-refractivity contribution in [1.82, 2.24) is 20.2 Å². The van der Waals surface area contributed by atoms with E-state index in [4.69, 9.17) is 0 Å². The minimum Gasteiger partial charge on any atom is -0.369 e. The minimum atomic E-state index is 0.581. The monoisotopic (exact) mass is 230 g/mol. The van der Waals surface area contributed by atoms with Crippen LogP contribution in [-0.4, -0.2) is 26.7 Å². The molecule has 6 heteroatoms. The Morgan fingerprint density at radius 3 is 2.71 bits per heavy atom. The summed E-state index contributed by atoms with van der Waals surface area (Å²) in [7, 11) is 0. The Balaban J connectivity index is 1.97. The lowest BCUT2D eigenvalue weighted by Crippen LogP contribution is -2.06. The van der Waals surface area contributed by atoms with Crippen LogP contribution in [0.3, 0.4) is 0 Å². The van der Waals surface area contributed by atoms with Crippen LogP contribution in [0.15, 0.2) is 30.7 Å². The molecule has 0 radical (unpaired) electrons. The number of hydrogen-bond donors (Lipinski definition) is 2. The summed E-state index contributed by atoms with van der Waals surface area (Å²) in [5.41, 5.74) is 0.864. The normalized spacial score (nSPS) is 9.94. The highest BCUT2D eigenvalue weighted by Crippen LogP contribution is 2.07. The molecule has 6 nitrogen and oxygen atoms in total. The first-order valence-corrected chi connectivity index (χ1v) is 5.45. The smallest absolute Gasteiger partial charge is 0.147 e. The first-order chi connectivity index (χ1) is 8.38. The highest BCUT2D eigenvalue weighted by atomic mass is 15.1. The Morgan fingerprint density at radius 1 is 1.18 bits per heavy atom. The van der Waals surface area contributed by atoms with Crippen LogP contribution in [-0.2, 0) is 6.54 Å².